The maximum absolute atomic E-state index is 8.08. The summed E-state index contributed by atoms with van der Waals surface area (Å²) >= 11 is 0. The lowest BCUT2D eigenvalue weighted by Crippen LogP contribution is -2.15. The highest BCUT2D eigenvalue weighted by Crippen LogP contribution is 1.91. The zero-order valence-corrected chi connectivity index (χ0v) is 10.0. The van der Waals surface area contributed by atoms with Crippen LogP contribution < -0.4 is 0 Å². The minimum absolute atomic E-state index is 0.955. The summed E-state index contributed by atoms with van der Waals surface area (Å²) in [5.41, 5.74) is 0. The molecule has 2 N–H and O–H groups in total. The fourth-order valence-corrected chi connectivity index (χ4v) is 0.595. The van der Waals surface area contributed by atoms with Crippen molar-refractivity contribution in [1.29, 1.82) is 0 Å². The summed E-state index contributed by atoms with van der Waals surface area (Å²) in [6, 6.07) is 0. The zero-order chi connectivity index (χ0) is 11.4. The molecule has 0 saturated heterocycles. The number of hydrogen-bond donors (Lipinski definition) is 2. The smallest absolute Gasteiger partial charge is 0.156 e. The highest BCUT2D eigenvalue weighted by Gasteiger charge is 2.00. The minimum Gasteiger partial charge on any atom is -0.381 e. The standard InChI is InChI=1S/C8H18O.C3H8O2/c1-3-5-7-9-8-6-4-2;1-3(2,4)5/h3-8H2,1-2H3;4-5H,1-2H3. The van der Waals surface area contributed by atoms with Gasteiger partial charge in [0.05, 0.1) is 0 Å². The molecule has 0 rings (SSSR count). The van der Waals surface area contributed by atoms with E-state index >= 15 is 0 Å². The van der Waals surface area contributed by atoms with E-state index in [9.17, 15) is 0 Å². The quantitative estimate of drug-likeness (QED) is 0.518. The molecule has 0 aliphatic rings. The van der Waals surface area contributed by atoms with Crippen molar-refractivity contribution in [2.24, 2.45) is 0 Å². The van der Waals surface area contributed by atoms with Crippen LogP contribution in [0.25, 0.3) is 0 Å². The van der Waals surface area contributed by atoms with Crippen LogP contribution in [0.4, 0.5) is 0 Å². The van der Waals surface area contributed by atoms with Gasteiger partial charge in [-0.15, -0.1) is 0 Å². The third-order valence-electron chi connectivity index (χ3n) is 1.28. The third kappa shape index (κ3) is 40.7. The summed E-state index contributed by atoms with van der Waals surface area (Å²) in [6.45, 7) is 8.87. The molecule has 0 unspecified atom stereocenters. The van der Waals surface area contributed by atoms with Crippen molar-refractivity contribution in [3.63, 3.8) is 0 Å². The first-order valence-corrected chi connectivity index (χ1v) is 5.44. The van der Waals surface area contributed by atoms with Crippen molar-refractivity contribution in [2.45, 2.75) is 59.2 Å². The largest absolute Gasteiger partial charge is 0.381 e. The SMILES string of the molecule is CC(C)(O)O.CCCCOCCCC. The third-order valence-corrected chi connectivity index (χ3v) is 1.28. The van der Waals surface area contributed by atoms with Crippen LogP contribution in [-0.2, 0) is 4.74 Å². The Kier molecular flexibility index (Phi) is 12.8. The molecule has 3 nitrogen and oxygen atoms in total. The van der Waals surface area contributed by atoms with Crippen molar-refractivity contribution < 1.29 is 14.9 Å². The fraction of sp³-hybridized carbons (Fsp3) is 1.00. The molecule has 0 aromatic rings. The molecule has 0 aliphatic heterocycles. The summed E-state index contributed by atoms with van der Waals surface area (Å²) in [5.74, 6) is -1.50. The Morgan fingerprint density at radius 1 is 0.929 bits per heavy atom. The van der Waals surface area contributed by atoms with Crippen LogP contribution in [0.5, 0.6) is 0 Å². The first-order chi connectivity index (χ1) is 6.41. The lowest BCUT2D eigenvalue weighted by atomic mass is 10.3. The minimum atomic E-state index is -1.50. The van der Waals surface area contributed by atoms with Crippen LogP contribution in [0.1, 0.15) is 53.4 Å². The fourth-order valence-electron chi connectivity index (χ4n) is 0.595. The van der Waals surface area contributed by atoms with E-state index in [0.717, 1.165) is 13.2 Å². The summed E-state index contributed by atoms with van der Waals surface area (Å²) in [5, 5.41) is 16.2. The van der Waals surface area contributed by atoms with Crippen LogP contribution >= 0.6 is 0 Å². The molecule has 0 radical (unpaired) electrons. The summed E-state index contributed by atoms with van der Waals surface area (Å²) in [4.78, 5) is 0. The molecule has 0 atom stereocenters. The van der Waals surface area contributed by atoms with Crippen molar-refractivity contribution >= 4 is 0 Å². The second kappa shape index (κ2) is 11.0. The van der Waals surface area contributed by atoms with E-state index in [1.165, 1.54) is 39.5 Å². The summed E-state index contributed by atoms with van der Waals surface area (Å²) < 4.78 is 5.31. The van der Waals surface area contributed by atoms with E-state index in [1.54, 1.807) is 0 Å². The van der Waals surface area contributed by atoms with Crippen molar-refractivity contribution in [3.05, 3.63) is 0 Å². The lowest BCUT2D eigenvalue weighted by molar-refractivity contribution is -0.127. The highest BCUT2D eigenvalue weighted by molar-refractivity contribution is 4.37. The molecule has 0 saturated carbocycles. The molecule has 0 fully saturated rings. The first-order valence-electron chi connectivity index (χ1n) is 5.44. The Morgan fingerprint density at radius 2 is 1.21 bits per heavy atom. The molecular formula is C11H26O3. The van der Waals surface area contributed by atoms with E-state index in [-0.39, 0.29) is 0 Å². The average Bonchev–Trinajstić information content (AvgIpc) is 2.01. The summed E-state index contributed by atoms with van der Waals surface area (Å²) in [6.07, 6.45) is 4.91. The van der Waals surface area contributed by atoms with Gasteiger partial charge < -0.3 is 14.9 Å². The zero-order valence-electron chi connectivity index (χ0n) is 10.0. The van der Waals surface area contributed by atoms with Crippen LogP contribution in [0.3, 0.4) is 0 Å². The number of rotatable bonds is 6. The normalized spacial score (nSPS) is 10.7. The number of hydrogen-bond acceptors (Lipinski definition) is 3. The van der Waals surface area contributed by atoms with Gasteiger partial charge in [0.1, 0.15) is 0 Å². The molecule has 0 amide bonds. The van der Waals surface area contributed by atoms with Crippen molar-refractivity contribution in [1.82, 2.24) is 0 Å². The molecule has 0 aromatic carbocycles. The Morgan fingerprint density at radius 3 is 1.43 bits per heavy atom. The molecule has 0 aliphatic carbocycles. The second-order valence-corrected chi connectivity index (χ2v) is 3.81. The summed E-state index contributed by atoms with van der Waals surface area (Å²) in [7, 11) is 0. The predicted molar refractivity (Wildman–Crippen MR) is 59.2 cm³/mol. The molecule has 14 heavy (non-hydrogen) atoms. The van der Waals surface area contributed by atoms with Gasteiger partial charge in [-0.2, -0.15) is 0 Å². The Hall–Kier alpha value is -0.120. The molecule has 0 heterocycles. The van der Waals surface area contributed by atoms with E-state index in [1.807, 2.05) is 0 Å². The lowest BCUT2D eigenvalue weighted by Gasteiger charge is -2.03. The number of ether oxygens (including phenoxy) is 1. The Balaban J connectivity index is 0. The van der Waals surface area contributed by atoms with E-state index in [4.69, 9.17) is 14.9 Å². The van der Waals surface area contributed by atoms with Gasteiger partial charge in [0.25, 0.3) is 0 Å². The van der Waals surface area contributed by atoms with Crippen LogP contribution in [0.15, 0.2) is 0 Å². The molecule has 0 aromatic heterocycles. The monoisotopic (exact) mass is 206 g/mol. The van der Waals surface area contributed by atoms with Gasteiger partial charge in [0, 0.05) is 13.2 Å². The van der Waals surface area contributed by atoms with E-state index < -0.39 is 5.79 Å². The Labute approximate surface area is 88.1 Å². The van der Waals surface area contributed by atoms with Gasteiger partial charge in [-0.05, 0) is 26.7 Å². The topological polar surface area (TPSA) is 49.7 Å². The molecular weight excluding hydrogens is 180 g/mol. The van der Waals surface area contributed by atoms with Gasteiger partial charge in [-0.25, -0.2) is 0 Å². The van der Waals surface area contributed by atoms with Crippen LogP contribution in [-0.4, -0.2) is 29.2 Å². The average molecular weight is 206 g/mol. The van der Waals surface area contributed by atoms with Gasteiger partial charge in [0.2, 0.25) is 0 Å². The molecule has 0 bridgehead atoms. The predicted octanol–water partition coefficient (Wildman–Crippen LogP) is 2.31. The maximum atomic E-state index is 8.08. The Bertz CT molecular complexity index is 85.2. The van der Waals surface area contributed by atoms with Gasteiger partial charge in [-0.3, -0.25) is 0 Å². The highest BCUT2D eigenvalue weighted by atomic mass is 16.5. The second-order valence-electron chi connectivity index (χ2n) is 3.81. The molecule has 88 valence electrons. The number of unbranched alkanes of at least 4 members (excludes halogenated alkanes) is 2. The van der Waals surface area contributed by atoms with Gasteiger partial charge in [-0.1, -0.05) is 26.7 Å². The van der Waals surface area contributed by atoms with Crippen LogP contribution in [0.2, 0.25) is 0 Å². The number of aliphatic hydroxyl groups is 2. The van der Waals surface area contributed by atoms with Gasteiger partial charge in [0.15, 0.2) is 5.79 Å². The van der Waals surface area contributed by atoms with E-state index in [2.05, 4.69) is 13.8 Å². The maximum Gasteiger partial charge on any atom is 0.156 e. The molecule has 0 spiro atoms. The van der Waals surface area contributed by atoms with E-state index in [0.29, 0.717) is 0 Å². The van der Waals surface area contributed by atoms with Crippen molar-refractivity contribution in [2.75, 3.05) is 13.2 Å². The van der Waals surface area contributed by atoms with Crippen LogP contribution in [0, 0.1) is 0 Å². The van der Waals surface area contributed by atoms with Gasteiger partial charge >= 0.3 is 0 Å². The van der Waals surface area contributed by atoms with Crippen molar-refractivity contribution in [3.8, 4) is 0 Å². The first kappa shape index (κ1) is 16.3. The molecule has 3 heteroatoms.